The first-order valence-electron chi connectivity index (χ1n) is 5.94. The minimum absolute atomic E-state index is 0.0238. The molecule has 1 aromatic carbocycles. The third-order valence-electron chi connectivity index (χ3n) is 2.78. The van der Waals surface area contributed by atoms with Gasteiger partial charge in [-0.15, -0.1) is 0 Å². The number of methoxy groups -OCH3 is 1. The topological polar surface area (TPSA) is 81.4 Å². The van der Waals surface area contributed by atoms with Crippen LogP contribution in [-0.4, -0.2) is 28.2 Å². The number of hydrogen-bond donors (Lipinski definition) is 2. The van der Waals surface area contributed by atoms with E-state index >= 15 is 0 Å². The van der Waals surface area contributed by atoms with Gasteiger partial charge in [0.2, 0.25) is 10.0 Å². The van der Waals surface area contributed by atoms with Crippen LogP contribution < -0.4 is 10.5 Å². The number of nitrogens with two attached hydrogens (primary N) is 1. The number of halogens is 2. The first kappa shape index (κ1) is 17.2. The molecule has 8 heteroatoms. The molecule has 0 aliphatic rings. The molecule has 114 valence electrons. The van der Waals surface area contributed by atoms with Crippen molar-refractivity contribution in [3.8, 4) is 0 Å². The van der Waals surface area contributed by atoms with Crippen molar-refractivity contribution in [1.29, 1.82) is 0 Å². The second-order valence-electron chi connectivity index (χ2n) is 4.73. The van der Waals surface area contributed by atoms with Crippen LogP contribution in [0.25, 0.3) is 0 Å². The molecule has 0 aliphatic carbocycles. The van der Waals surface area contributed by atoms with E-state index in [0.29, 0.717) is 0 Å². The minimum Gasteiger partial charge on any atom is -0.396 e. The number of sulfonamides is 1. The zero-order valence-electron chi connectivity index (χ0n) is 11.5. The van der Waals surface area contributed by atoms with Crippen LogP contribution in [0.4, 0.5) is 10.1 Å². The lowest BCUT2D eigenvalue weighted by Gasteiger charge is -2.21. The smallest absolute Gasteiger partial charge is 0.243 e. The fraction of sp³-hybridized carbons (Fsp3) is 0.500. The average molecular weight is 325 g/mol. The van der Waals surface area contributed by atoms with Gasteiger partial charge in [-0.1, -0.05) is 25.4 Å². The molecule has 0 radical (unpaired) electrons. The first-order valence-corrected chi connectivity index (χ1v) is 7.81. The van der Waals surface area contributed by atoms with Crippen LogP contribution in [0, 0.1) is 11.7 Å². The Morgan fingerprint density at radius 2 is 2.05 bits per heavy atom. The van der Waals surface area contributed by atoms with Crippen molar-refractivity contribution in [2.75, 3.05) is 19.5 Å². The summed E-state index contributed by atoms with van der Waals surface area (Å²) in [4.78, 5) is -0.566. The van der Waals surface area contributed by atoms with E-state index in [1.807, 2.05) is 13.8 Å². The summed E-state index contributed by atoms with van der Waals surface area (Å²) in [5.74, 6) is -1.04. The number of rotatable bonds is 6. The number of nitrogen functional groups attached to an aromatic ring is 1. The van der Waals surface area contributed by atoms with Crippen molar-refractivity contribution < 1.29 is 17.5 Å². The molecule has 0 aliphatic heterocycles. The second kappa shape index (κ2) is 6.71. The summed E-state index contributed by atoms with van der Waals surface area (Å²) in [6.45, 7) is 3.83. The minimum atomic E-state index is -4.07. The van der Waals surface area contributed by atoms with Gasteiger partial charge in [0.15, 0.2) is 5.82 Å². The van der Waals surface area contributed by atoms with Crippen molar-refractivity contribution in [2.24, 2.45) is 5.92 Å². The van der Waals surface area contributed by atoms with Crippen molar-refractivity contribution in [1.82, 2.24) is 4.72 Å². The Hall–Kier alpha value is -0.890. The van der Waals surface area contributed by atoms with E-state index < -0.39 is 26.8 Å². The molecule has 5 nitrogen and oxygen atoms in total. The summed E-state index contributed by atoms with van der Waals surface area (Å²) in [7, 11) is -2.61. The summed E-state index contributed by atoms with van der Waals surface area (Å²) in [6.07, 6.45) is 0. The third kappa shape index (κ3) is 4.05. The molecular weight excluding hydrogens is 307 g/mol. The highest BCUT2D eigenvalue weighted by Gasteiger charge is 2.26. The summed E-state index contributed by atoms with van der Waals surface area (Å²) in [5, 5.41) is 0.0529. The zero-order chi connectivity index (χ0) is 15.5. The molecule has 0 fully saturated rings. The Kier molecular flexibility index (Phi) is 5.76. The van der Waals surface area contributed by atoms with E-state index in [1.165, 1.54) is 7.11 Å². The molecule has 0 aromatic heterocycles. The molecule has 0 amide bonds. The highest BCUT2D eigenvalue weighted by molar-refractivity contribution is 7.89. The summed E-state index contributed by atoms with van der Waals surface area (Å²) >= 11 is 5.72. The number of benzene rings is 1. The zero-order valence-corrected chi connectivity index (χ0v) is 13.1. The summed E-state index contributed by atoms with van der Waals surface area (Å²) in [6, 6.07) is 1.70. The molecule has 1 atom stereocenters. The Morgan fingerprint density at radius 3 is 2.55 bits per heavy atom. The highest BCUT2D eigenvalue weighted by atomic mass is 35.5. The molecule has 0 bridgehead atoms. The molecule has 0 saturated heterocycles. The van der Waals surface area contributed by atoms with Gasteiger partial charge in [0.05, 0.1) is 12.3 Å². The third-order valence-corrected chi connectivity index (χ3v) is 4.49. The van der Waals surface area contributed by atoms with E-state index in [-0.39, 0.29) is 23.2 Å². The van der Waals surface area contributed by atoms with Gasteiger partial charge >= 0.3 is 0 Å². The van der Waals surface area contributed by atoms with Gasteiger partial charge < -0.3 is 10.5 Å². The summed E-state index contributed by atoms with van der Waals surface area (Å²) < 4.78 is 45.7. The van der Waals surface area contributed by atoms with E-state index in [1.54, 1.807) is 0 Å². The van der Waals surface area contributed by atoms with Crippen molar-refractivity contribution in [3.05, 3.63) is 23.0 Å². The van der Waals surface area contributed by atoms with Gasteiger partial charge in [-0.3, -0.25) is 0 Å². The molecule has 20 heavy (non-hydrogen) atoms. The van der Waals surface area contributed by atoms with E-state index in [4.69, 9.17) is 22.1 Å². The van der Waals surface area contributed by atoms with Crippen molar-refractivity contribution >= 4 is 27.3 Å². The maximum Gasteiger partial charge on any atom is 0.243 e. The Labute approximate surface area is 123 Å². The predicted molar refractivity (Wildman–Crippen MR) is 76.6 cm³/mol. The molecule has 1 aromatic rings. The van der Waals surface area contributed by atoms with Crippen LogP contribution in [0.15, 0.2) is 17.0 Å². The van der Waals surface area contributed by atoms with Crippen LogP contribution in [0.1, 0.15) is 13.8 Å². The fourth-order valence-corrected chi connectivity index (χ4v) is 3.38. The normalized spacial score (nSPS) is 13.7. The van der Waals surface area contributed by atoms with E-state index in [2.05, 4.69) is 4.72 Å². The van der Waals surface area contributed by atoms with Gasteiger partial charge in [-0.05, 0) is 18.1 Å². The van der Waals surface area contributed by atoms with Gasteiger partial charge in [0.25, 0.3) is 0 Å². The van der Waals surface area contributed by atoms with Crippen LogP contribution in [0.5, 0.6) is 0 Å². The van der Waals surface area contributed by atoms with E-state index in [9.17, 15) is 12.8 Å². The molecule has 1 unspecified atom stereocenters. The maximum absolute atomic E-state index is 13.9. The molecule has 0 heterocycles. The van der Waals surface area contributed by atoms with Crippen LogP contribution in [0.3, 0.4) is 0 Å². The van der Waals surface area contributed by atoms with Gasteiger partial charge in [-0.2, -0.15) is 0 Å². The van der Waals surface area contributed by atoms with Gasteiger partial charge in [0.1, 0.15) is 4.90 Å². The van der Waals surface area contributed by atoms with E-state index in [0.717, 1.165) is 12.1 Å². The molecule has 0 saturated carbocycles. The largest absolute Gasteiger partial charge is 0.396 e. The van der Waals surface area contributed by atoms with Crippen LogP contribution in [-0.2, 0) is 14.8 Å². The number of nitrogens with one attached hydrogen (secondary N) is 1. The van der Waals surface area contributed by atoms with Gasteiger partial charge in [-0.25, -0.2) is 17.5 Å². The van der Waals surface area contributed by atoms with Crippen LogP contribution >= 0.6 is 11.6 Å². The quantitative estimate of drug-likeness (QED) is 0.784. The average Bonchev–Trinajstić information content (AvgIpc) is 2.32. The Morgan fingerprint density at radius 1 is 1.45 bits per heavy atom. The molecule has 0 spiro atoms. The number of hydrogen-bond acceptors (Lipinski definition) is 4. The lowest BCUT2D eigenvalue weighted by molar-refractivity contribution is 0.157. The molecule has 1 rings (SSSR count). The maximum atomic E-state index is 13.9. The van der Waals surface area contributed by atoms with Crippen molar-refractivity contribution in [2.45, 2.75) is 24.8 Å². The Bertz CT molecular complexity index is 578. The fourth-order valence-electron chi connectivity index (χ4n) is 1.58. The van der Waals surface area contributed by atoms with Crippen molar-refractivity contribution in [3.63, 3.8) is 0 Å². The molecule has 3 N–H and O–H groups in total. The van der Waals surface area contributed by atoms with Gasteiger partial charge in [0, 0.05) is 18.2 Å². The second-order valence-corrected chi connectivity index (χ2v) is 6.85. The predicted octanol–water partition coefficient (Wildman–Crippen LogP) is 2.01. The highest BCUT2D eigenvalue weighted by Crippen LogP contribution is 2.25. The number of ether oxygens (including phenoxy) is 1. The molecular formula is C12H18ClFN2O3S. The standard InChI is InChI=1S/C12H18ClFN2O3S/c1-7(2)10(6-19-3)16-20(17,18)11-5-8(13)4-9(15)12(11)14/h4-5,7,10,16H,6,15H2,1-3H3. The Balaban J connectivity index is 3.17. The first-order chi connectivity index (χ1) is 9.19. The number of anilines is 1. The monoisotopic (exact) mass is 324 g/mol. The van der Waals surface area contributed by atoms with Crippen LogP contribution in [0.2, 0.25) is 5.02 Å². The SMILES string of the molecule is COCC(NS(=O)(=O)c1cc(Cl)cc(N)c1F)C(C)C. The lowest BCUT2D eigenvalue weighted by Crippen LogP contribution is -2.41. The summed E-state index contributed by atoms with van der Waals surface area (Å²) in [5.41, 5.74) is 5.08. The lowest BCUT2D eigenvalue weighted by atomic mass is 10.1.